The molecule has 0 radical (unpaired) electrons. The first-order chi connectivity index (χ1) is 6.53. The molecule has 0 spiro atoms. The first-order valence-corrected chi connectivity index (χ1v) is 5.56. The van der Waals surface area contributed by atoms with Crippen LogP contribution in [0.5, 0.6) is 0 Å². The van der Waals surface area contributed by atoms with Crippen molar-refractivity contribution in [1.82, 2.24) is 10.2 Å². The average molecular weight is 200 g/mol. The van der Waals surface area contributed by atoms with Crippen molar-refractivity contribution in [3.63, 3.8) is 0 Å². The largest absolute Gasteiger partial charge is 0.395 e. The Morgan fingerprint density at radius 1 is 1.43 bits per heavy atom. The van der Waals surface area contributed by atoms with Gasteiger partial charge in [-0.2, -0.15) is 0 Å². The van der Waals surface area contributed by atoms with Gasteiger partial charge in [0.15, 0.2) is 0 Å². The maximum absolute atomic E-state index is 8.75. The SMILES string of the molecule is CN(CCO)CCC1CC(C)(C)CN1. The van der Waals surface area contributed by atoms with Crippen LogP contribution >= 0.6 is 0 Å². The molecule has 1 fully saturated rings. The molecule has 3 heteroatoms. The molecule has 1 unspecified atom stereocenters. The molecule has 1 aliphatic heterocycles. The van der Waals surface area contributed by atoms with Gasteiger partial charge in [-0.3, -0.25) is 0 Å². The Balaban J connectivity index is 2.14. The summed E-state index contributed by atoms with van der Waals surface area (Å²) in [5.74, 6) is 0. The van der Waals surface area contributed by atoms with Gasteiger partial charge >= 0.3 is 0 Å². The molecule has 0 bridgehead atoms. The molecule has 0 amide bonds. The number of likely N-dealkylation sites (N-methyl/N-ethyl adjacent to an activating group) is 1. The molecular weight excluding hydrogens is 176 g/mol. The highest BCUT2D eigenvalue weighted by Gasteiger charge is 2.29. The molecule has 1 aliphatic rings. The highest BCUT2D eigenvalue weighted by molar-refractivity contribution is 4.87. The lowest BCUT2D eigenvalue weighted by Crippen LogP contribution is -2.29. The van der Waals surface area contributed by atoms with E-state index in [-0.39, 0.29) is 6.61 Å². The number of rotatable bonds is 5. The maximum Gasteiger partial charge on any atom is 0.0558 e. The molecule has 84 valence electrons. The van der Waals surface area contributed by atoms with E-state index in [0.717, 1.165) is 19.6 Å². The number of hydrogen-bond donors (Lipinski definition) is 2. The normalized spacial score (nSPS) is 25.9. The minimum atomic E-state index is 0.264. The van der Waals surface area contributed by atoms with E-state index in [4.69, 9.17) is 5.11 Å². The summed E-state index contributed by atoms with van der Waals surface area (Å²) >= 11 is 0. The fraction of sp³-hybridized carbons (Fsp3) is 1.00. The topological polar surface area (TPSA) is 35.5 Å². The molecule has 0 aromatic rings. The van der Waals surface area contributed by atoms with Crippen molar-refractivity contribution >= 4 is 0 Å². The fourth-order valence-electron chi connectivity index (χ4n) is 2.09. The van der Waals surface area contributed by atoms with Crippen LogP contribution in [0, 0.1) is 5.41 Å². The third-order valence-electron chi connectivity index (χ3n) is 3.01. The van der Waals surface area contributed by atoms with Gasteiger partial charge in [0, 0.05) is 19.1 Å². The Labute approximate surface area is 87.5 Å². The van der Waals surface area contributed by atoms with Gasteiger partial charge in [-0.25, -0.2) is 0 Å². The molecule has 3 nitrogen and oxygen atoms in total. The van der Waals surface area contributed by atoms with Crippen molar-refractivity contribution in [3.05, 3.63) is 0 Å². The average Bonchev–Trinajstić information content (AvgIpc) is 2.43. The molecule has 14 heavy (non-hydrogen) atoms. The van der Waals surface area contributed by atoms with E-state index in [0.29, 0.717) is 11.5 Å². The van der Waals surface area contributed by atoms with Crippen LogP contribution in [0.1, 0.15) is 26.7 Å². The third kappa shape index (κ3) is 3.95. The number of aliphatic hydroxyl groups excluding tert-OH is 1. The highest BCUT2D eigenvalue weighted by Crippen LogP contribution is 2.28. The van der Waals surface area contributed by atoms with E-state index in [9.17, 15) is 0 Å². The van der Waals surface area contributed by atoms with Crippen molar-refractivity contribution in [1.29, 1.82) is 0 Å². The molecule has 1 atom stereocenters. The molecular formula is C11H24N2O. The summed E-state index contributed by atoms with van der Waals surface area (Å²) < 4.78 is 0. The summed E-state index contributed by atoms with van der Waals surface area (Å²) in [5.41, 5.74) is 0.472. The summed E-state index contributed by atoms with van der Waals surface area (Å²) in [7, 11) is 2.07. The summed E-state index contributed by atoms with van der Waals surface area (Å²) in [4.78, 5) is 2.19. The van der Waals surface area contributed by atoms with Crippen LogP contribution in [0.3, 0.4) is 0 Å². The number of nitrogens with one attached hydrogen (secondary N) is 1. The van der Waals surface area contributed by atoms with Crippen molar-refractivity contribution in [2.45, 2.75) is 32.7 Å². The van der Waals surface area contributed by atoms with E-state index >= 15 is 0 Å². The molecule has 0 aliphatic carbocycles. The second-order valence-electron chi connectivity index (χ2n) is 5.26. The van der Waals surface area contributed by atoms with E-state index in [1.165, 1.54) is 12.8 Å². The Kier molecular flexibility index (Phi) is 4.35. The number of hydrogen-bond acceptors (Lipinski definition) is 3. The maximum atomic E-state index is 8.75. The van der Waals surface area contributed by atoms with Gasteiger partial charge in [0.05, 0.1) is 6.61 Å². The first kappa shape index (κ1) is 12.0. The first-order valence-electron chi connectivity index (χ1n) is 5.56. The zero-order chi connectivity index (χ0) is 10.6. The highest BCUT2D eigenvalue weighted by atomic mass is 16.3. The Morgan fingerprint density at radius 3 is 2.64 bits per heavy atom. The lowest BCUT2D eigenvalue weighted by Gasteiger charge is -2.19. The Morgan fingerprint density at radius 2 is 2.14 bits per heavy atom. The Hall–Kier alpha value is -0.120. The van der Waals surface area contributed by atoms with E-state index in [2.05, 4.69) is 31.1 Å². The van der Waals surface area contributed by atoms with Crippen LogP contribution in [-0.2, 0) is 0 Å². The minimum Gasteiger partial charge on any atom is -0.395 e. The van der Waals surface area contributed by atoms with Crippen LogP contribution < -0.4 is 5.32 Å². The molecule has 0 aromatic heterocycles. The lowest BCUT2D eigenvalue weighted by atomic mass is 9.90. The summed E-state index contributed by atoms with van der Waals surface area (Å²) in [6.45, 7) is 7.90. The number of aliphatic hydroxyl groups is 1. The van der Waals surface area contributed by atoms with E-state index in [1.54, 1.807) is 0 Å². The van der Waals surface area contributed by atoms with Crippen LogP contribution in [0.4, 0.5) is 0 Å². The predicted octanol–water partition coefficient (Wildman–Crippen LogP) is 0.689. The van der Waals surface area contributed by atoms with Gasteiger partial charge in [-0.1, -0.05) is 13.8 Å². The van der Waals surface area contributed by atoms with Gasteiger partial charge in [0.1, 0.15) is 0 Å². The minimum absolute atomic E-state index is 0.264. The second-order valence-corrected chi connectivity index (χ2v) is 5.26. The second kappa shape index (κ2) is 5.10. The van der Waals surface area contributed by atoms with Gasteiger partial charge in [0.25, 0.3) is 0 Å². The smallest absolute Gasteiger partial charge is 0.0558 e. The number of nitrogens with zero attached hydrogens (tertiary/aromatic N) is 1. The zero-order valence-corrected chi connectivity index (χ0v) is 9.71. The van der Waals surface area contributed by atoms with Crippen molar-refractivity contribution in [3.8, 4) is 0 Å². The van der Waals surface area contributed by atoms with Gasteiger partial charge < -0.3 is 15.3 Å². The van der Waals surface area contributed by atoms with Crippen molar-refractivity contribution in [2.24, 2.45) is 5.41 Å². The van der Waals surface area contributed by atoms with Gasteiger partial charge in [0.2, 0.25) is 0 Å². The van der Waals surface area contributed by atoms with Crippen molar-refractivity contribution in [2.75, 3.05) is 33.3 Å². The van der Waals surface area contributed by atoms with Crippen LogP contribution in [0.25, 0.3) is 0 Å². The molecule has 0 saturated carbocycles. The standard InChI is InChI=1S/C11H24N2O/c1-11(2)8-10(12-9-11)4-5-13(3)6-7-14/h10,12,14H,4-9H2,1-3H3. The van der Waals surface area contributed by atoms with Crippen LogP contribution in [0.2, 0.25) is 0 Å². The quantitative estimate of drug-likeness (QED) is 0.685. The summed E-state index contributed by atoms with van der Waals surface area (Å²) in [6, 6.07) is 0.672. The van der Waals surface area contributed by atoms with Crippen LogP contribution in [0.15, 0.2) is 0 Å². The van der Waals surface area contributed by atoms with Gasteiger partial charge in [-0.15, -0.1) is 0 Å². The summed E-state index contributed by atoms with van der Waals surface area (Å²) in [6.07, 6.45) is 2.47. The predicted molar refractivity (Wildman–Crippen MR) is 59.4 cm³/mol. The third-order valence-corrected chi connectivity index (χ3v) is 3.01. The Bertz CT molecular complexity index is 171. The molecule has 2 N–H and O–H groups in total. The van der Waals surface area contributed by atoms with Gasteiger partial charge in [-0.05, 0) is 31.8 Å². The fourth-order valence-corrected chi connectivity index (χ4v) is 2.09. The lowest BCUT2D eigenvalue weighted by molar-refractivity contribution is 0.215. The van der Waals surface area contributed by atoms with Crippen molar-refractivity contribution < 1.29 is 5.11 Å². The van der Waals surface area contributed by atoms with E-state index < -0.39 is 0 Å². The molecule has 0 aromatic carbocycles. The zero-order valence-electron chi connectivity index (χ0n) is 9.71. The monoisotopic (exact) mass is 200 g/mol. The van der Waals surface area contributed by atoms with E-state index in [1.807, 2.05) is 0 Å². The van der Waals surface area contributed by atoms with Crippen LogP contribution in [-0.4, -0.2) is 49.3 Å². The molecule has 1 saturated heterocycles. The molecule has 1 heterocycles. The summed E-state index contributed by atoms with van der Waals surface area (Å²) in [5, 5.41) is 12.3. The molecule has 1 rings (SSSR count).